The number of aromatic carboxylic acids is 1. The van der Waals surface area contributed by atoms with Gasteiger partial charge in [-0.15, -0.1) is 11.3 Å². The molecule has 1 aromatic carbocycles. The minimum atomic E-state index is -1.06. The number of benzene rings is 1. The fourth-order valence-corrected chi connectivity index (χ4v) is 2.78. The van der Waals surface area contributed by atoms with Gasteiger partial charge in [-0.3, -0.25) is 0 Å². The van der Waals surface area contributed by atoms with Gasteiger partial charge in [-0.05, 0) is 23.6 Å². The molecule has 1 heterocycles. The molecule has 6 heteroatoms. The SMILES string of the molecule is COc1ccc(C(O)c2sccc2C(=O)O)c(OC)c1. The van der Waals surface area contributed by atoms with Crippen LogP contribution >= 0.6 is 11.3 Å². The summed E-state index contributed by atoms with van der Waals surface area (Å²) in [5.41, 5.74) is 0.596. The van der Waals surface area contributed by atoms with Crippen LogP contribution in [0.15, 0.2) is 29.6 Å². The second kappa shape index (κ2) is 5.94. The van der Waals surface area contributed by atoms with Gasteiger partial charge in [-0.2, -0.15) is 0 Å². The summed E-state index contributed by atoms with van der Waals surface area (Å²) in [5, 5.41) is 21.2. The second-order valence-electron chi connectivity index (χ2n) is 4.01. The highest BCUT2D eigenvalue weighted by Crippen LogP contribution is 2.36. The summed E-state index contributed by atoms with van der Waals surface area (Å²) in [6.07, 6.45) is -1.05. The summed E-state index contributed by atoms with van der Waals surface area (Å²) >= 11 is 1.19. The van der Waals surface area contributed by atoms with Crippen LogP contribution in [-0.4, -0.2) is 30.4 Å². The number of hydrogen-bond donors (Lipinski definition) is 2. The van der Waals surface area contributed by atoms with Crippen LogP contribution < -0.4 is 9.47 Å². The lowest BCUT2D eigenvalue weighted by atomic mass is 10.0. The number of carbonyl (C=O) groups is 1. The van der Waals surface area contributed by atoms with E-state index in [2.05, 4.69) is 0 Å². The van der Waals surface area contributed by atoms with E-state index in [4.69, 9.17) is 14.6 Å². The zero-order valence-electron chi connectivity index (χ0n) is 11.0. The Bertz CT molecular complexity index is 620. The average Bonchev–Trinajstić information content (AvgIpc) is 2.95. The first-order chi connectivity index (χ1) is 9.58. The van der Waals surface area contributed by atoms with Crippen LogP contribution in [0.25, 0.3) is 0 Å². The number of methoxy groups -OCH3 is 2. The number of hydrogen-bond acceptors (Lipinski definition) is 5. The number of aliphatic hydroxyl groups is 1. The van der Waals surface area contributed by atoms with Crippen LogP contribution in [-0.2, 0) is 0 Å². The quantitative estimate of drug-likeness (QED) is 0.886. The van der Waals surface area contributed by atoms with Crippen molar-refractivity contribution in [2.75, 3.05) is 14.2 Å². The molecular weight excluding hydrogens is 280 g/mol. The third-order valence-corrected chi connectivity index (χ3v) is 3.88. The lowest BCUT2D eigenvalue weighted by Crippen LogP contribution is -2.06. The molecule has 2 N–H and O–H groups in total. The lowest BCUT2D eigenvalue weighted by molar-refractivity contribution is 0.0692. The summed E-state index contributed by atoms with van der Waals surface area (Å²) in [7, 11) is 3.02. The monoisotopic (exact) mass is 294 g/mol. The maximum Gasteiger partial charge on any atom is 0.336 e. The predicted octanol–water partition coefficient (Wildman–Crippen LogP) is 2.55. The standard InChI is InChI=1S/C14H14O5S/c1-18-8-3-4-9(11(7-8)19-2)12(15)13-10(14(16)17)5-6-20-13/h3-7,12,15H,1-2H3,(H,16,17). The van der Waals surface area contributed by atoms with Crippen LogP contribution in [0.2, 0.25) is 0 Å². The molecule has 0 aliphatic carbocycles. The minimum absolute atomic E-state index is 0.0976. The van der Waals surface area contributed by atoms with Crippen LogP contribution in [0.4, 0.5) is 0 Å². The van der Waals surface area contributed by atoms with Crippen LogP contribution in [0.3, 0.4) is 0 Å². The van der Waals surface area contributed by atoms with E-state index in [1.807, 2.05) is 0 Å². The Balaban J connectivity index is 2.45. The molecule has 0 fully saturated rings. The molecule has 1 atom stereocenters. The van der Waals surface area contributed by atoms with Crippen molar-refractivity contribution in [3.8, 4) is 11.5 Å². The van der Waals surface area contributed by atoms with E-state index in [1.54, 1.807) is 23.6 Å². The maximum atomic E-state index is 11.1. The summed E-state index contributed by atoms with van der Waals surface area (Å²) in [5.74, 6) is -0.0168. The van der Waals surface area contributed by atoms with Crippen LogP contribution in [0.5, 0.6) is 11.5 Å². The number of ether oxygens (including phenoxy) is 2. The number of thiophene rings is 1. The largest absolute Gasteiger partial charge is 0.497 e. The Kier molecular flexibility index (Phi) is 4.26. The van der Waals surface area contributed by atoms with Crippen molar-refractivity contribution >= 4 is 17.3 Å². The molecule has 0 saturated carbocycles. The topological polar surface area (TPSA) is 76.0 Å². The maximum absolute atomic E-state index is 11.1. The molecule has 20 heavy (non-hydrogen) atoms. The molecule has 0 saturated heterocycles. The molecule has 0 aliphatic rings. The predicted molar refractivity (Wildman–Crippen MR) is 74.9 cm³/mol. The van der Waals surface area contributed by atoms with Gasteiger partial charge in [-0.1, -0.05) is 0 Å². The van der Waals surface area contributed by atoms with Gasteiger partial charge in [0, 0.05) is 11.6 Å². The fourth-order valence-electron chi connectivity index (χ4n) is 1.89. The first-order valence-electron chi connectivity index (χ1n) is 5.79. The first-order valence-corrected chi connectivity index (χ1v) is 6.67. The van der Waals surface area contributed by atoms with Crippen molar-refractivity contribution < 1.29 is 24.5 Å². The third-order valence-electron chi connectivity index (χ3n) is 2.91. The highest BCUT2D eigenvalue weighted by Gasteiger charge is 2.23. The Labute approximate surface area is 120 Å². The Morgan fingerprint density at radius 1 is 1.25 bits per heavy atom. The van der Waals surface area contributed by atoms with E-state index in [0.29, 0.717) is 21.9 Å². The summed E-state index contributed by atoms with van der Waals surface area (Å²) in [6.45, 7) is 0. The second-order valence-corrected chi connectivity index (χ2v) is 4.96. The fraction of sp³-hybridized carbons (Fsp3) is 0.214. The molecule has 106 valence electrons. The number of carboxylic acid groups (broad SMARTS) is 1. The average molecular weight is 294 g/mol. The van der Waals surface area contributed by atoms with Gasteiger partial charge in [0.1, 0.15) is 17.6 Å². The van der Waals surface area contributed by atoms with Crippen molar-refractivity contribution in [3.63, 3.8) is 0 Å². The number of rotatable bonds is 5. The number of aliphatic hydroxyl groups excluding tert-OH is 1. The van der Waals surface area contributed by atoms with Gasteiger partial charge in [-0.25, -0.2) is 4.79 Å². The molecule has 0 radical (unpaired) electrons. The molecule has 5 nitrogen and oxygen atoms in total. The highest BCUT2D eigenvalue weighted by atomic mass is 32.1. The van der Waals surface area contributed by atoms with Gasteiger partial charge in [0.25, 0.3) is 0 Å². The van der Waals surface area contributed by atoms with Crippen molar-refractivity contribution in [2.45, 2.75) is 6.10 Å². The van der Waals surface area contributed by atoms with Crippen LogP contribution in [0.1, 0.15) is 26.9 Å². The van der Waals surface area contributed by atoms with E-state index in [0.717, 1.165) is 0 Å². The minimum Gasteiger partial charge on any atom is -0.497 e. The summed E-state index contributed by atoms with van der Waals surface area (Å²) in [6, 6.07) is 6.47. The van der Waals surface area contributed by atoms with Gasteiger partial charge in [0.2, 0.25) is 0 Å². The highest BCUT2D eigenvalue weighted by molar-refractivity contribution is 7.10. The molecule has 2 aromatic rings. The normalized spacial score (nSPS) is 11.9. The van der Waals surface area contributed by atoms with E-state index < -0.39 is 12.1 Å². The zero-order chi connectivity index (χ0) is 14.7. The van der Waals surface area contributed by atoms with Gasteiger partial charge >= 0.3 is 5.97 Å². The van der Waals surface area contributed by atoms with Gasteiger partial charge in [0.15, 0.2) is 0 Å². The lowest BCUT2D eigenvalue weighted by Gasteiger charge is -2.15. The number of carboxylic acids is 1. The molecule has 0 spiro atoms. The molecule has 1 unspecified atom stereocenters. The zero-order valence-corrected chi connectivity index (χ0v) is 11.8. The molecule has 0 bridgehead atoms. The van der Waals surface area contributed by atoms with Gasteiger partial charge in [0.05, 0.1) is 24.7 Å². The molecule has 0 amide bonds. The van der Waals surface area contributed by atoms with Crippen molar-refractivity contribution in [1.82, 2.24) is 0 Å². The Hall–Kier alpha value is -2.05. The van der Waals surface area contributed by atoms with Crippen molar-refractivity contribution in [2.24, 2.45) is 0 Å². The van der Waals surface area contributed by atoms with E-state index in [9.17, 15) is 9.90 Å². The molecular formula is C14H14O5S. The smallest absolute Gasteiger partial charge is 0.336 e. The van der Waals surface area contributed by atoms with Crippen LogP contribution in [0, 0.1) is 0 Å². The van der Waals surface area contributed by atoms with E-state index in [1.165, 1.54) is 31.6 Å². The third kappa shape index (κ3) is 2.61. The summed E-state index contributed by atoms with van der Waals surface area (Å²) < 4.78 is 10.3. The molecule has 1 aromatic heterocycles. The van der Waals surface area contributed by atoms with E-state index >= 15 is 0 Å². The van der Waals surface area contributed by atoms with Gasteiger partial charge < -0.3 is 19.7 Å². The molecule has 0 aliphatic heterocycles. The Morgan fingerprint density at radius 3 is 2.60 bits per heavy atom. The van der Waals surface area contributed by atoms with Crippen molar-refractivity contribution in [3.05, 3.63) is 45.6 Å². The Morgan fingerprint density at radius 2 is 2.00 bits per heavy atom. The van der Waals surface area contributed by atoms with E-state index in [-0.39, 0.29) is 5.56 Å². The summed E-state index contributed by atoms with van der Waals surface area (Å²) in [4.78, 5) is 11.5. The molecule has 2 rings (SSSR count). The van der Waals surface area contributed by atoms with Crippen molar-refractivity contribution in [1.29, 1.82) is 0 Å². The first kappa shape index (κ1) is 14.4.